The molecule has 0 spiro atoms. The summed E-state index contributed by atoms with van der Waals surface area (Å²) >= 11 is 0. The van der Waals surface area contributed by atoms with Crippen molar-refractivity contribution in [1.29, 1.82) is 0 Å². The average molecular weight is 314 g/mol. The van der Waals surface area contributed by atoms with Crippen LogP contribution < -0.4 is 14.8 Å². The number of rotatable bonds is 7. The third kappa shape index (κ3) is 4.71. The summed E-state index contributed by atoms with van der Waals surface area (Å²) in [4.78, 5) is 11.8. The summed E-state index contributed by atoms with van der Waals surface area (Å²) < 4.78 is 32.0. The minimum Gasteiger partial charge on any atom is -0.496 e. The summed E-state index contributed by atoms with van der Waals surface area (Å²) in [5.41, 5.74) is 0.187. The number of sulfonamides is 1. The molecule has 1 rings (SSSR count). The predicted octanol–water partition coefficient (Wildman–Crippen LogP) is 1.38. The number of carbonyl (C=O) groups excluding carboxylic acids is 1. The lowest BCUT2D eigenvalue weighted by molar-refractivity contribution is 0.0960. The van der Waals surface area contributed by atoms with Crippen molar-refractivity contribution in [3.8, 4) is 5.75 Å². The molecule has 0 aliphatic rings. The molecule has 0 saturated heterocycles. The molecular formula is C14H22N2O4S. The molecule has 6 nitrogen and oxygen atoms in total. The standard InChI is InChI=1S/C14H22N2O4S/c1-10(2)7-8-16-21(18,19)11-5-6-13(20-4)12(9-11)14(17)15-3/h5-6,9-10,16H,7-8H2,1-4H3,(H,15,17). The maximum Gasteiger partial charge on any atom is 0.254 e. The van der Waals surface area contributed by atoms with Gasteiger partial charge < -0.3 is 10.1 Å². The Morgan fingerprint density at radius 3 is 2.52 bits per heavy atom. The molecule has 7 heteroatoms. The average Bonchev–Trinajstić information content (AvgIpc) is 2.45. The number of hydrogen-bond donors (Lipinski definition) is 2. The van der Waals surface area contributed by atoms with Gasteiger partial charge in [0.15, 0.2) is 0 Å². The maximum atomic E-state index is 12.2. The summed E-state index contributed by atoms with van der Waals surface area (Å²) in [6.45, 7) is 4.40. The van der Waals surface area contributed by atoms with E-state index >= 15 is 0 Å². The number of ether oxygens (including phenoxy) is 1. The molecule has 1 aromatic carbocycles. The van der Waals surface area contributed by atoms with Crippen LogP contribution >= 0.6 is 0 Å². The monoisotopic (exact) mass is 314 g/mol. The van der Waals surface area contributed by atoms with Crippen LogP contribution in [0.4, 0.5) is 0 Å². The molecule has 0 heterocycles. The molecule has 0 aliphatic heterocycles. The van der Waals surface area contributed by atoms with E-state index in [4.69, 9.17) is 4.74 Å². The molecule has 2 N–H and O–H groups in total. The zero-order valence-electron chi connectivity index (χ0n) is 12.8. The van der Waals surface area contributed by atoms with Crippen LogP contribution in [-0.2, 0) is 10.0 Å². The number of carbonyl (C=O) groups is 1. The maximum absolute atomic E-state index is 12.2. The summed E-state index contributed by atoms with van der Waals surface area (Å²) in [5.74, 6) is 0.339. The summed E-state index contributed by atoms with van der Waals surface area (Å²) in [5, 5.41) is 2.46. The highest BCUT2D eigenvalue weighted by Gasteiger charge is 2.19. The van der Waals surface area contributed by atoms with Crippen molar-refractivity contribution in [3.63, 3.8) is 0 Å². The van der Waals surface area contributed by atoms with Gasteiger partial charge in [0, 0.05) is 13.6 Å². The highest BCUT2D eigenvalue weighted by molar-refractivity contribution is 7.89. The van der Waals surface area contributed by atoms with Gasteiger partial charge in [0.2, 0.25) is 10.0 Å². The van der Waals surface area contributed by atoms with Crippen molar-refractivity contribution in [3.05, 3.63) is 23.8 Å². The first-order valence-corrected chi connectivity index (χ1v) is 8.20. The van der Waals surface area contributed by atoms with E-state index < -0.39 is 15.9 Å². The molecule has 0 unspecified atom stereocenters. The zero-order valence-corrected chi connectivity index (χ0v) is 13.6. The van der Waals surface area contributed by atoms with Crippen molar-refractivity contribution in [1.82, 2.24) is 10.0 Å². The number of hydrogen-bond acceptors (Lipinski definition) is 4. The molecule has 0 aliphatic carbocycles. The molecule has 1 aromatic rings. The molecule has 0 atom stereocenters. The van der Waals surface area contributed by atoms with Crippen LogP contribution in [0.25, 0.3) is 0 Å². The first-order valence-electron chi connectivity index (χ1n) is 6.71. The van der Waals surface area contributed by atoms with Crippen LogP contribution in [0.3, 0.4) is 0 Å². The molecule has 1 amide bonds. The molecule has 0 fully saturated rings. The lowest BCUT2D eigenvalue weighted by atomic mass is 10.1. The summed E-state index contributed by atoms with van der Waals surface area (Å²) in [7, 11) is -0.727. The summed E-state index contributed by atoms with van der Waals surface area (Å²) in [6, 6.07) is 4.21. The predicted molar refractivity (Wildman–Crippen MR) is 81.0 cm³/mol. The first kappa shape index (κ1) is 17.5. The van der Waals surface area contributed by atoms with Crippen molar-refractivity contribution >= 4 is 15.9 Å². The summed E-state index contributed by atoms with van der Waals surface area (Å²) in [6.07, 6.45) is 0.748. The Balaban J connectivity index is 3.05. The van der Waals surface area contributed by atoms with Crippen molar-refractivity contribution in [2.75, 3.05) is 20.7 Å². The Labute approximate surface area is 125 Å². The topological polar surface area (TPSA) is 84.5 Å². The molecule has 21 heavy (non-hydrogen) atoms. The fraction of sp³-hybridized carbons (Fsp3) is 0.500. The van der Waals surface area contributed by atoms with Crippen LogP contribution in [0.1, 0.15) is 30.6 Å². The number of amides is 1. The number of nitrogens with one attached hydrogen (secondary N) is 2. The third-order valence-electron chi connectivity index (χ3n) is 2.97. The van der Waals surface area contributed by atoms with E-state index in [2.05, 4.69) is 10.0 Å². The smallest absolute Gasteiger partial charge is 0.254 e. The fourth-order valence-electron chi connectivity index (χ4n) is 1.73. The quantitative estimate of drug-likeness (QED) is 0.796. The largest absolute Gasteiger partial charge is 0.496 e. The second-order valence-corrected chi connectivity index (χ2v) is 6.79. The molecule has 0 aromatic heterocycles. The van der Waals surface area contributed by atoms with E-state index in [0.29, 0.717) is 18.2 Å². The van der Waals surface area contributed by atoms with E-state index in [1.54, 1.807) is 0 Å². The van der Waals surface area contributed by atoms with Gasteiger partial charge in [-0.05, 0) is 30.5 Å². The molecule has 0 radical (unpaired) electrons. The van der Waals surface area contributed by atoms with Gasteiger partial charge in [-0.15, -0.1) is 0 Å². The van der Waals surface area contributed by atoms with E-state index in [9.17, 15) is 13.2 Å². The lowest BCUT2D eigenvalue weighted by Crippen LogP contribution is -2.26. The Kier molecular flexibility index (Phi) is 6.17. The van der Waals surface area contributed by atoms with Crippen molar-refractivity contribution in [2.45, 2.75) is 25.2 Å². The molecular weight excluding hydrogens is 292 g/mol. The zero-order chi connectivity index (χ0) is 16.0. The highest BCUT2D eigenvalue weighted by Crippen LogP contribution is 2.22. The van der Waals surface area contributed by atoms with Gasteiger partial charge in [-0.25, -0.2) is 13.1 Å². The normalized spacial score (nSPS) is 11.5. The molecule has 118 valence electrons. The van der Waals surface area contributed by atoms with Crippen LogP contribution in [0.5, 0.6) is 5.75 Å². The second kappa shape index (κ2) is 7.42. The van der Waals surface area contributed by atoms with E-state index in [1.807, 2.05) is 13.8 Å². The Bertz CT molecular complexity index is 597. The van der Waals surface area contributed by atoms with Gasteiger partial charge in [0.1, 0.15) is 5.75 Å². The van der Waals surface area contributed by atoms with Gasteiger partial charge in [-0.3, -0.25) is 4.79 Å². The van der Waals surface area contributed by atoms with Gasteiger partial charge in [-0.2, -0.15) is 0 Å². The van der Waals surface area contributed by atoms with Gasteiger partial charge in [0.25, 0.3) is 5.91 Å². The van der Waals surface area contributed by atoms with Crippen LogP contribution in [0, 0.1) is 5.92 Å². The second-order valence-electron chi connectivity index (χ2n) is 5.02. The minimum atomic E-state index is -3.63. The lowest BCUT2D eigenvalue weighted by Gasteiger charge is -2.11. The first-order chi connectivity index (χ1) is 9.81. The molecule has 0 saturated carbocycles. The van der Waals surface area contributed by atoms with Crippen LogP contribution in [-0.4, -0.2) is 35.0 Å². The third-order valence-corrected chi connectivity index (χ3v) is 4.43. The Morgan fingerprint density at radius 1 is 1.33 bits per heavy atom. The van der Waals surface area contributed by atoms with Crippen LogP contribution in [0.15, 0.2) is 23.1 Å². The van der Waals surface area contributed by atoms with Gasteiger partial charge in [-0.1, -0.05) is 13.8 Å². The number of benzene rings is 1. The van der Waals surface area contributed by atoms with E-state index in [-0.39, 0.29) is 10.5 Å². The van der Waals surface area contributed by atoms with E-state index in [1.165, 1.54) is 32.4 Å². The Hall–Kier alpha value is -1.60. The minimum absolute atomic E-state index is 0.0469. The van der Waals surface area contributed by atoms with Crippen molar-refractivity contribution < 1.29 is 17.9 Å². The highest BCUT2D eigenvalue weighted by atomic mass is 32.2. The Morgan fingerprint density at radius 2 is 2.00 bits per heavy atom. The van der Waals surface area contributed by atoms with Gasteiger partial charge in [0.05, 0.1) is 17.6 Å². The SMILES string of the molecule is CNC(=O)c1cc(S(=O)(=O)NCCC(C)C)ccc1OC. The van der Waals surface area contributed by atoms with Crippen molar-refractivity contribution in [2.24, 2.45) is 5.92 Å². The van der Waals surface area contributed by atoms with Crippen LogP contribution in [0.2, 0.25) is 0 Å². The van der Waals surface area contributed by atoms with Gasteiger partial charge >= 0.3 is 0 Å². The fourth-order valence-corrected chi connectivity index (χ4v) is 2.81. The number of methoxy groups -OCH3 is 1. The van der Waals surface area contributed by atoms with E-state index in [0.717, 1.165) is 6.42 Å². The molecule has 0 bridgehead atoms.